The average molecular weight is 480 g/mol. The Bertz CT molecular complexity index is 1220. The first-order valence-electron chi connectivity index (χ1n) is 9.45. The van der Waals surface area contributed by atoms with E-state index >= 15 is 0 Å². The molecule has 2 aromatic carbocycles. The quantitative estimate of drug-likeness (QED) is 0.481. The van der Waals surface area contributed by atoms with Crippen molar-refractivity contribution in [2.75, 3.05) is 18.1 Å². The van der Waals surface area contributed by atoms with Crippen LogP contribution in [0.4, 0.5) is 0 Å². The third-order valence-corrected chi connectivity index (χ3v) is 8.82. The lowest BCUT2D eigenvalue weighted by atomic mass is 10.1. The second-order valence-corrected chi connectivity index (χ2v) is 11.3. The molecule has 156 valence electrons. The lowest BCUT2D eigenvalue weighted by Gasteiger charge is -2.26. The molecule has 4 rings (SSSR count). The van der Waals surface area contributed by atoms with Crippen molar-refractivity contribution in [2.24, 2.45) is 0 Å². The lowest BCUT2D eigenvalue weighted by molar-refractivity contribution is 0.0726. The monoisotopic (exact) mass is 479 g/mol. The van der Waals surface area contributed by atoms with Crippen molar-refractivity contribution in [1.82, 2.24) is 4.90 Å². The Hall–Kier alpha value is -1.86. The normalized spacial score (nSPS) is 18.3. The molecular weight excluding hydrogens is 461 g/mol. The van der Waals surface area contributed by atoms with Gasteiger partial charge in [-0.3, -0.25) is 4.79 Å². The Kier molecular flexibility index (Phi) is 6.21. The van der Waals surface area contributed by atoms with Crippen molar-refractivity contribution in [3.05, 3.63) is 75.1 Å². The highest BCUT2D eigenvalue weighted by Gasteiger charge is 2.36. The summed E-state index contributed by atoms with van der Waals surface area (Å²) in [6, 6.07) is 14.8. The van der Waals surface area contributed by atoms with Gasteiger partial charge < -0.3 is 4.90 Å². The third-order valence-electron chi connectivity index (χ3n) is 5.12. The summed E-state index contributed by atoms with van der Waals surface area (Å²) in [7, 11) is -3.14. The molecule has 1 aliphatic heterocycles. The number of amides is 1. The fraction of sp³-hybridized carbons (Fsp3) is 0.227. The van der Waals surface area contributed by atoms with Gasteiger partial charge in [0.25, 0.3) is 5.91 Å². The van der Waals surface area contributed by atoms with E-state index in [1.54, 1.807) is 11.0 Å². The number of hydrogen-bond donors (Lipinski definition) is 0. The summed E-state index contributed by atoms with van der Waals surface area (Å²) >= 11 is 14.1. The van der Waals surface area contributed by atoms with Gasteiger partial charge in [-0.1, -0.05) is 71.8 Å². The van der Waals surface area contributed by atoms with Gasteiger partial charge >= 0.3 is 0 Å². The Morgan fingerprint density at radius 2 is 1.90 bits per heavy atom. The molecule has 30 heavy (non-hydrogen) atoms. The van der Waals surface area contributed by atoms with Crippen molar-refractivity contribution in [2.45, 2.75) is 12.5 Å². The number of rotatable bonds is 5. The standard InChI is InChI=1S/C22H19Cl2NO3S2/c23-17-9-4-10-18-19(17)20(24)21(29-18)22(26)25(16-11-13-30(27,28)14-16)12-5-8-15-6-2-1-3-7-15/h1-10,16H,11-14H2/b8-5+. The van der Waals surface area contributed by atoms with Crippen LogP contribution in [-0.2, 0) is 9.84 Å². The molecule has 1 atom stereocenters. The Morgan fingerprint density at radius 1 is 1.13 bits per heavy atom. The minimum Gasteiger partial charge on any atom is -0.330 e. The summed E-state index contributed by atoms with van der Waals surface area (Å²) in [5.41, 5.74) is 1.01. The van der Waals surface area contributed by atoms with Gasteiger partial charge in [-0.2, -0.15) is 0 Å². The lowest BCUT2D eigenvalue weighted by Crippen LogP contribution is -2.41. The summed E-state index contributed by atoms with van der Waals surface area (Å²) < 4.78 is 24.9. The second-order valence-electron chi connectivity index (χ2n) is 7.19. The van der Waals surface area contributed by atoms with Gasteiger partial charge in [-0.05, 0) is 24.1 Å². The molecule has 0 spiro atoms. The zero-order valence-corrected chi connectivity index (χ0v) is 19.1. The summed E-state index contributed by atoms with van der Waals surface area (Å²) in [6.45, 7) is 0.298. The van der Waals surface area contributed by atoms with Crippen molar-refractivity contribution < 1.29 is 13.2 Å². The molecule has 1 saturated heterocycles. The highest BCUT2D eigenvalue weighted by Crippen LogP contribution is 2.40. The van der Waals surface area contributed by atoms with E-state index < -0.39 is 9.84 Å². The van der Waals surface area contributed by atoms with E-state index in [-0.39, 0.29) is 23.5 Å². The molecule has 0 N–H and O–H groups in total. The number of carbonyl (C=O) groups excluding carboxylic acids is 1. The van der Waals surface area contributed by atoms with E-state index in [4.69, 9.17) is 23.2 Å². The van der Waals surface area contributed by atoms with Gasteiger partial charge in [-0.25, -0.2) is 8.42 Å². The molecule has 1 amide bonds. The minimum atomic E-state index is -3.14. The first-order valence-corrected chi connectivity index (χ1v) is 12.8. The third kappa shape index (κ3) is 4.42. The Balaban J connectivity index is 1.67. The molecule has 2 heterocycles. The predicted octanol–water partition coefficient (Wildman–Crippen LogP) is 5.55. The number of thiophene rings is 1. The first kappa shape index (κ1) is 21.4. The molecule has 3 aromatic rings. The molecule has 8 heteroatoms. The summed E-state index contributed by atoms with van der Waals surface area (Å²) in [6.07, 6.45) is 4.23. The van der Waals surface area contributed by atoms with Gasteiger partial charge in [0.2, 0.25) is 0 Å². The number of sulfone groups is 1. The molecule has 1 fully saturated rings. The Morgan fingerprint density at radius 3 is 2.57 bits per heavy atom. The molecule has 0 radical (unpaired) electrons. The summed E-state index contributed by atoms with van der Waals surface area (Å²) in [5.74, 6) is -0.200. The van der Waals surface area contributed by atoms with Crippen LogP contribution in [0.2, 0.25) is 10.0 Å². The van der Waals surface area contributed by atoms with Gasteiger partial charge in [0.1, 0.15) is 4.88 Å². The molecule has 0 aliphatic carbocycles. The SMILES string of the molecule is O=C(c1sc2cccc(Cl)c2c1Cl)N(C/C=C/c1ccccc1)C1CCS(=O)(=O)C1. The average Bonchev–Trinajstić information content (AvgIpc) is 3.25. The van der Waals surface area contributed by atoms with E-state index in [1.165, 1.54) is 11.3 Å². The van der Waals surface area contributed by atoms with Gasteiger partial charge in [0, 0.05) is 22.7 Å². The van der Waals surface area contributed by atoms with Crippen LogP contribution in [0.25, 0.3) is 16.2 Å². The number of benzene rings is 2. The molecule has 1 unspecified atom stereocenters. The van der Waals surface area contributed by atoms with E-state index in [2.05, 4.69) is 0 Å². The predicted molar refractivity (Wildman–Crippen MR) is 125 cm³/mol. The number of carbonyl (C=O) groups is 1. The number of nitrogens with zero attached hydrogens (tertiary/aromatic N) is 1. The topological polar surface area (TPSA) is 54.5 Å². The maximum absolute atomic E-state index is 13.5. The van der Waals surface area contributed by atoms with E-state index in [0.29, 0.717) is 33.3 Å². The second kappa shape index (κ2) is 8.71. The number of fused-ring (bicyclic) bond motifs is 1. The number of halogens is 2. The maximum Gasteiger partial charge on any atom is 0.266 e. The van der Waals surface area contributed by atoms with Crippen molar-refractivity contribution in [1.29, 1.82) is 0 Å². The van der Waals surface area contributed by atoms with Crippen LogP contribution in [0, 0.1) is 0 Å². The smallest absolute Gasteiger partial charge is 0.266 e. The molecular formula is C22H19Cl2NO3S2. The van der Waals surface area contributed by atoms with E-state index in [1.807, 2.05) is 54.6 Å². The van der Waals surface area contributed by atoms with Crippen LogP contribution in [0.15, 0.2) is 54.6 Å². The summed E-state index contributed by atoms with van der Waals surface area (Å²) in [5, 5.41) is 1.48. The van der Waals surface area contributed by atoms with Crippen LogP contribution in [0.3, 0.4) is 0 Å². The molecule has 1 aliphatic rings. The van der Waals surface area contributed by atoms with Crippen molar-refractivity contribution >= 4 is 66.4 Å². The number of hydrogen-bond acceptors (Lipinski definition) is 4. The molecule has 0 saturated carbocycles. The highest BCUT2D eigenvalue weighted by molar-refractivity contribution is 7.91. The van der Waals surface area contributed by atoms with Crippen LogP contribution in [0.1, 0.15) is 21.7 Å². The summed E-state index contributed by atoms with van der Waals surface area (Å²) in [4.78, 5) is 15.5. The zero-order chi connectivity index (χ0) is 21.3. The van der Waals surface area contributed by atoms with Crippen LogP contribution in [-0.4, -0.2) is 43.3 Å². The van der Waals surface area contributed by atoms with E-state index in [0.717, 1.165) is 10.3 Å². The fourth-order valence-corrected chi connectivity index (χ4v) is 7.26. The molecule has 4 nitrogen and oxygen atoms in total. The van der Waals surface area contributed by atoms with Crippen molar-refractivity contribution in [3.8, 4) is 0 Å². The Labute approximate surface area is 189 Å². The molecule has 0 bridgehead atoms. The van der Waals surface area contributed by atoms with Crippen LogP contribution < -0.4 is 0 Å². The van der Waals surface area contributed by atoms with E-state index in [9.17, 15) is 13.2 Å². The largest absolute Gasteiger partial charge is 0.330 e. The molecule has 1 aromatic heterocycles. The maximum atomic E-state index is 13.5. The van der Waals surface area contributed by atoms with Crippen LogP contribution in [0.5, 0.6) is 0 Å². The van der Waals surface area contributed by atoms with Gasteiger partial charge in [0.05, 0.1) is 21.6 Å². The zero-order valence-electron chi connectivity index (χ0n) is 15.9. The van der Waals surface area contributed by atoms with Crippen molar-refractivity contribution in [3.63, 3.8) is 0 Å². The minimum absolute atomic E-state index is 0.0266. The van der Waals surface area contributed by atoms with Crippen LogP contribution >= 0.6 is 34.5 Å². The van der Waals surface area contributed by atoms with Gasteiger partial charge in [-0.15, -0.1) is 11.3 Å². The van der Waals surface area contributed by atoms with Gasteiger partial charge in [0.15, 0.2) is 9.84 Å². The first-order chi connectivity index (χ1) is 14.4. The fourth-order valence-electron chi connectivity index (χ4n) is 3.62. The highest BCUT2D eigenvalue weighted by atomic mass is 35.5.